The Labute approximate surface area is 182 Å². The molecule has 0 aromatic heterocycles. The van der Waals surface area contributed by atoms with E-state index < -0.39 is 6.04 Å². The van der Waals surface area contributed by atoms with Crippen LogP contribution in [0.15, 0.2) is 78.9 Å². The fourth-order valence-corrected chi connectivity index (χ4v) is 4.02. The number of carbonyl (C=O) groups excluding carboxylic acids is 1. The van der Waals surface area contributed by atoms with Crippen molar-refractivity contribution in [2.75, 3.05) is 43.5 Å². The number of amides is 1. The van der Waals surface area contributed by atoms with E-state index in [0.717, 1.165) is 43.2 Å². The van der Waals surface area contributed by atoms with Gasteiger partial charge >= 0.3 is 0 Å². The first kappa shape index (κ1) is 20.9. The van der Waals surface area contributed by atoms with Gasteiger partial charge in [0.2, 0.25) is 5.91 Å². The molecule has 1 amide bonds. The highest BCUT2D eigenvalue weighted by atomic mass is 19.1. The Bertz CT molecular complexity index is 1000. The second-order valence-corrected chi connectivity index (χ2v) is 7.50. The highest BCUT2D eigenvalue weighted by Gasteiger charge is 2.31. The van der Waals surface area contributed by atoms with E-state index in [4.69, 9.17) is 4.74 Å². The van der Waals surface area contributed by atoms with Crippen LogP contribution in [-0.4, -0.2) is 44.1 Å². The van der Waals surface area contributed by atoms with Crippen molar-refractivity contribution in [2.45, 2.75) is 6.04 Å². The van der Waals surface area contributed by atoms with Gasteiger partial charge in [-0.25, -0.2) is 4.39 Å². The first-order valence-electron chi connectivity index (χ1n) is 10.4. The van der Waals surface area contributed by atoms with E-state index in [1.54, 1.807) is 19.2 Å². The minimum Gasteiger partial charge on any atom is -0.495 e. The predicted octanol–water partition coefficient (Wildman–Crippen LogP) is 4.34. The molecule has 1 atom stereocenters. The van der Waals surface area contributed by atoms with Gasteiger partial charge in [0.1, 0.15) is 17.6 Å². The summed E-state index contributed by atoms with van der Waals surface area (Å²) in [7, 11) is 1.68. The van der Waals surface area contributed by atoms with Crippen LogP contribution in [0.5, 0.6) is 5.75 Å². The Morgan fingerprint density at radius 3 is 2.23 bits per heavy atom. The summed E-state index contributed by atoms with van der Waals surface area (Å²) in [5, 5.41) is 2.95. The lowest BCUT2D eigenvalue weighted by Crippen LogP contribution is -2.50. The average Bonchev–Trinajstić information content (AvgIpc) is 2.82. The van der Waals surface area contributed by atoms with E-state index >= 15 is 0 Å². The normalized spacial score (nSPS) is 15.4. The van der Waals surface area contributed by atoms with Gasteiger partial charge in [-0.05, 0) is 42.0 Å². The number of benzene rings is 3. The van der Waals surface area contributed by atoms with Gasteiger partial charge in [-0.3, -0.25) is 9.69 Å². The number of para-hydroxylation sites is 2. The van der Waals surface area contributed by atoms with E-state index in [1.807, 2.05) is 48.5 Å². The summed E-state index contributed by atoms with van der Waals surface area (Å²) in [6.07, 6.45) is 0. The number of halogens is 1. The lowest BCUT2D eigenvalue weighted by molar-refractivity contribution is -0.121. The molecule has 0 saturated carbocycles. The zero-order valence-corrected chi connectivity index (χ0v) is 17.5. The maximum Gasteiger partial charge on any atom is 0.246 e. The lowest BCUT2D eigenvalue weighted by atomic mass is 10.0. The molecular weight excluding hydrogens is 393 g/mol. The second kappa shape index (κ2) is 9.62. The van der Waals surface area contributed by atoms with E-state index in [9.17, 15) is 9.18 Å². The third-order valence-electron chi connectivity index (χ3n) is 5.58. The lowest BCUT2D eigenvalue weighted by Gasteiger charge is -2.40. The third kappa shape index (κ3) is 4.86. The van der Waals surface area contributed by atoms with Crippen LogP contribution in [0.3, 0.4) is 0 Å². The number of methoxy groups -OCH3 is 1. The molecule has 0 unspecified atom stereocenters. The predicted molar refractivity (Wildman–Crippen MR) is 121 cm³/mol. The number of nitrogens with one attached hydrogen (secondary N) is 1. The van der Waals surface area contributed by atoms with Crippen molar-refractivity contribution in [1.29, 1.82) is 0 Å². The molecule has 0 spiro atoms. The molecule has 1 heterocycles. The summed E-state index contributed by atoms with van der Waals surface area (Å²) in [4.78, 5) is 17.8. The monoisotopic (exact) mass is 419 g/mol. The third-order valence-corrected chi connectivity index (χ3v) is 5.58. The molecule has 31 heavy (non-hydrogen) atoms. The van der Waals surface area contributed by atoms with Crippen LogP contribution in [0, 0.1) is 5.82 Å². The molecule has 0 bridgehead atoms. The quantitative estimate of drug-likeness (QED) is 0.646. The first-order chi connectivity index (χ1) is 15.2. The van der Waals surface area contributed by atoms with Crippen molar-refractivity contribution >= 4 is 17.3 Å². The van der Waals surface area contributed by atoms with Gasteiger partial charge in [0.25, 0.3) is 0 Å². The number of piperazine rings is 1. The van der Waals surface area contributed by atoms with Gasteiger partial charge in [-0.15, -0.1) is 0 Å². The summed E-state index contributed by atoms with van der Waals surface area (Å²) >= 11 is 0. The Balaban J connectivity index is 1.51. The molecule has 1 aliphatic heterocycles. The van der Waals surface area contributed by atoms with Gasteiger partial charge in [-0.2, -0.15) is 0 Å². The number of carbonyl (C=O) groups is 1. The van der Waals surface area contributed by atoms with Gasteiger partial charge in [0.15, 0.2) is 0 Å². The van der Waals surface area contributed by atoms with Crippen molar-refractivity contribution < 1.29 is 13.9 Å². The summed E-state index contributed by atoms with van der Waals surface area (Å²) in [5.41, 5.74) is 2.59. The van der Waals surface area contributed by atoms with E-state index in [2.05, 4.69) is 21.2 Å². The van der Waals surface area contributed by atoms with E-state index in [0.29, 0.717) is 5.69 Å². The molecule has 0 aliphatic carbocycles. The van der Waals surface area contributed by atoms with Crippen LogP contribution in [-0.2, 0) is 4.79 Å². The minimum absolute atomic E-state index is 0.122. The molecule has 5 nitrogen and oxygen atoms in total. The summed E-state index contributed by atoms with van der Waals surface area (Å²) in [6.45, 7) is 3.03. The summed E-state index contributed by atoms with van der Waals surface area (Å²) < 4.78 is 18.7. The number of ether oxygens (including phenoxy) is 1. The zero-order valence-electron chi connectivity index (χ0n) is 17.5. The Kier molecular flexibility index (Phi) is 6.48. The van der Waals surface area contributed by atoms with Crippen LogP contribution in [0.25, 0.3) is 0 Å². The molecule has 6 heteroatoms. The summed E-state index contributed by atoms with van der Waals surface area (Å²) in [6, 6.07) is 23.2. The molecular formula is C25H26FN3O2. The highest BCUT2D eigenvalue weighted by molar-refractivity contribution is 5.95. The molecule has 0 radical (unpaired) electrons. The topological polar surface area (TPSA) is 44.8 Å². The van der Waals surface area contributed by atoms with Gasteiger partial charge in [0, 0.05) is 31.9 Å². The largest absolute Gasteiger partial charge is 0.495 e. The number of nitrogens with zero attached hydrogens (tertiary/aromatic N) is 2. The Morgan fingerprint density at radius 1 is 0.903 bits per heavy atom. The smallest absolute Gasteiger partial charge is 0.246 e. The van der Waals surface area contributed by atoms with Crippen molar-refractivity contribution in [3.8, 4) is 5.75 Å². The SMILES string of the molecule is COc1ccccc1N1CCN([C@@H](C(=O)Nc2ccc(F)cc2)c2ccccc2)CC1. The van der Waals surface area contributed by atoms with Crippen LogP contribution < -0.4 is 15.0 Å². The molecule has 1 aliphatic rings. The number of hydrogen-bond donors (Lipinski definition) is 1. The number of anilines is 2. The van der Waals surface area contributed by atoms with Crippen LogP contribution in [0.1, 0.15) is 11.6 Å². The zero-order chi connectivity index (χ0) is 21.6. The van der Waals surface area contributed by atoms with Crippen molar-refractivity contribution in [3.05, 3.63) is 90.2 Å². The fourth-order valence-electron chi connectivity index (χ4n) is 4.02. The highest BCUT2D eigenvalue weighted by Crippen LogP contribution is 2.30. The maximum absolute atomic E-state index is 13.3. The molecule has 160 valence electrons. The number of hydrogen-bond acceptors (Lipinski definition) is 4. The second-order valence-electron chi connectivity index (χ2n) is 7.50. The minimum atomic E-state index is -0.425. The van der Waals surface area contributed by atoms with E-state index in [1.165, 1.54) is 12.1 Å². The molecule has 1 saturated heterocycles. The Morgan fingerprint density at radius 2 is 1.55 bits per heavy atom. The van der Waals surface area contributed by atoms with Crippen LogP contribution >= 0.6 is 0 Å². The van der Waals surface area contributed by atoms with Crippen molar-refractivity contribution in [3.63, 3.8) is 0 Å². The first-order valence-corrected chi connectivity index (χ1v) is 10.4. The molecule has 4 rings (SSSR count). The Hall–Kier alpha value is -3.38. The average molecular weight is 420 g/mol. The molecule has 1 N–H and O–H groups in total. The molecule has 3 aromatic rings. The van der Waals surface area contributed by atoms with Crippen LogP contribution in [0.4, 0.5) is 15.8 Å². The van der Waals surface area contributed by atoms with Gasteiger partial charge in [-0.1, -0.05) is 42.5 Å². The number of rotatable bonds is 6. The van der Waals surface area contributed by atoms with E-state index in [-0.39, 0.29) is 11.7 Å². The van der Waals surface area contributed by atoms with Gasteiger partial charge < -0.3 is 15.0 Å². The maximum atomic E-state index is 13.3. The standard InChI is InChI=1S/C25H26FN3O2/c1-31-23-10-6-5-9-22(23)28-15-17-29(18-16-28)24(19-7-3-2-4-8-19)25(30)27-21-13-11-20(26)12-14-21/h2-14,24H,15-18H2,1H3,(H,27,30)/t24-/m1/s1. The molecule has 1 fully saturated rings. The van der Waals surface area contributed by atoms with Crippen molar-refractivity contribution in [1.82, 2.24) is 4.90 Å². The van der Waals surface area contributed by atoms with Gasteiger partial charge in [0.05, 0.1) is 12.8 Å². The summed E-state index contributed by atoms with van der Waals surface area (Å²) in [5.74, 6) is 0.401. The molecule has 3 aromatic carbocycles. The van der Waals surface area contributed by atoms with Crippen molar-refractivity contribution in [2.24, 2.45) is 0 Å². The fraction of sp³-hybridized carbons (Fsp3) is 0.240. The van der Waals surface area contributed by atoms with Crippen LogP contribution in [0.2, 0.25) is 0 Å².